The van der Waals surface area contributed by atoms with Crippen molar-refractivity contribution in [1.29, 1.82) is 0 Å². The van der Waals surface area contributed by atoms with E-state index in [4.69, 9.17) is 4.74 Å². The van der Waals surface area contributed by atoms with Crippen molar-refractivity contribution in [2.45, 2.75) is 32.3 Å². The molecule has 1 aliphatic heterocycles. The van der Waals surface area contributed by atoms with Crippen molar-refractivity contribution in [1.82, 2.24) is 0 Å². The van der Waals surface area contributed by atoms with Gasteiger partial charge in [-0.25, -0.2) is 4.79 Å². The fourth-order valence-electron chi connectivity index (χ4n) is 1.90. The van der Waals surface area contributed by atoms with Gasteiger partial charge in [0.1, 0.15) is 17.4 Å². The Hall–Kier alpha value is -1.51. The molecule has 1 aromatic carbocycles. The zero-order valence-electron chi connectivity index (χ0n) is 8.69. The minimum Gasteiger partial charge on any atom is -0.507 e. The molecule has 0 saturated carbocycles. The largest absolute Gasteiger partial charge is 0.507 e. The Morgan fingerprint density at radius 2 is 2.27 bits per heavy atom. The minimum absolute atomic E-state index is 0.0245. The lowest BCUT2D eigenvalue weighted by Gasteiger charge is -2.09. The summed E-state index contributed by atoms with van der Waals surface area (Å²) >= 11 is 0. The molecule has 3 heteroatoms. The van der Waals surface area contributed by atoms with Crippen LogP contribution in [0.1, 0.15) is 48.2 Å². The molecule has 1 aliphatic rings. The number of hydrogen-bond acceptors (Lipinski definition) is 3. The van der Waals surface area contributed by atoms with Crippen LogP contribution in [-0.4, -0.2) is 11.1 Å². The highest BCUT2D eigenvalue weighted by molar-refractivity contribution is 5.96. The number of benzene rings is 1. The number of hydrogen-bond donors (Lipinski definition) is 1. The van der Waals surface area contributed by atoms with Gasteiger partial charge in [-0.3, -0.25) is 0 Å². The Morgan fingerprint density at radius 3 is 3.00 bits per heavy atom. The third kappa shape index (κ3) is 1.69. The number of phenolic OH excluding ortho intramolecular Hbond substituents is 1. The van der Waals surface area contributed by atoms with Gasteiger partial charge in [0.25, 0.3) is 0 Å². The van der Waals surface area contributed by atoms with Gasteiger partial charge in [-0.05, 0) is 18.9 Å². The number of fused-ring (bicyclic) bond motifs is 1. The van der Waals surface area contributed by atoms with Gasteiger partial charge >= 0.3 is 5.97 Å². The molecule has 1 N–H and O–H groups in total. The van der Waals surface area contributed by atoms with E-state index < -0.39 is 5.97 Å². The van der Waals surface area contributed by atoms with Crippen LogP contribution < -0.4 is 0 Å². The summed E-state index contributed by atoms with van der Waals surface area (Å²) in [6.45, 7) is 2.10. The van der Waals surface area contributed by atoms with Crippen molar-refractivity contribution >= 4 is 5.97 Å². The number of aromatic hydroxyl groups is 1. The van der Waals surface area contributed by atoms with Gasteiger partial charge in [-0.15, -0.1) is 0 Å². The summed E-state index contributed by atoms with van der Waals surface area (Å²) in [6.07, 6.45) is 2.76. The van der Waals surface area contributed by atoms with Crippen LogP contribution in [0.25, 0.3) is 0 Å². The molecule has 80 valence electrons. The molecule has 1 aromatic rings. The van der Waals surface area contributed by atoms with Gasteiger partial charge in [0.2, 0.25) is 0 Å². The molecule has 0 bridgehead atoms. The number of rotatable bonds is 3. The lowest BCUT2D eigenvalue weighted by molar-refractivity contribution is 0.0363. The van der Waals surface area contributed by atoms with Gasteiger partial charge in [-0.1, -0.05) is 25.5 Å². The van der Waals surface area contributed by atoms with Gasteiger partial charge in [0.05, 0.1) is 0 Å². The molecule has 0 spiro atoms. The molecule has 0 fully saturated rings. The summed E-state index contributed by atoms with van der Waals surface area (Å²) in [5, 5.41) is 9.54. The van der Waals surface area contributed by atoms with Crippen LogP contribution in [0.15, 0.2) is 18.2 Å². The maximum Gasteiger partial charge on any atom is 0.342 e. The molecule has 1 heterocycles. The van der Waals surface area contributed by atoms with Crippen molar-refractivity contribution in [3.8, 4) is 5.75 Å². The highest BCUT2D eigenvalue weighted by Crippen LogP contribution is 2.38. The topological polar surface area (TPSA) is 46.5 Å². The number of cyclic esters (lactones) is 1. The SMILES string of the molecule is CCCC[C@@H]1OC(=O)c2c(O)cccc21. The van der Waals surface area contributed by atoms with E-state index in [2.05, 4.69) is 6.92 Å². The summed E-state index contributed by atoms with van der Waals surface area (Å²) in [5.41, 5.74) is 1.17. The van der Waals surface area contributed by atoms with Crippen LogP contribution in [0.3, 0.4) is 0 Å². The van der Waals surface area contributed by atoms with E-state index in [1.807, 2.05) is 6.07 Å². The smallest absolute Gasteiger partial charge is 0.342 e. The monoisotopic (exact) mass is 206 g/mol. The van der Waals surface area contributed by atoms with Crippen LogP contribution in [0.5, 0.6) is 5.75 Å². The Kier molecular flexibility index (Phi) is 2.62. The zero-order chi connectivity index (χ0) is 10.8. The van der Waals surface area contributed by atoms with E-state index >= 15 is 0 Å². The maximum atomic E-state index is 11.5. The third-order valence-corrected chi connectivity index (χ3v) is 2.69. The first-order valence-corrected chi connectivity index (χ1v) is 5.27. The second kappa shape index (κ2) is 3.93. The maximum absolute atomic E-state index is 11.5. The average molecular weight is 206 g/mol. The van der Waals surface area contributed by atoms with E-state index in [-0.39, 0.29) is 11.9 Å². The normalized spacial score (nSPS) is 18.7. The number of esters is 1. The number of unbranched alkanes of at least 4 members (excludes halogenated alkanes) is 1. The first-order chi connectivity index (χ1) is 7.24. The molecule has 0 aliphatic carbocycles. The summed E-state index contributed by atoms with van der Waals surface area (Å²) in [6, 6.07) is 5.11. The molecule has 0 saturated heterocycles. The molecular weight excluding hydrogens is 192 g/mol. The van der Waals surface area contributed by atoms with E-state index in [0.29, 0.717) is 5.56 Å². The van der Waals surface area contributed by atoms with Crippen LogP contribution in [0.2, 0.25) is 0 Å². The Balaban J connectivity index is 2.30. The number of carbonyl (C=O) groups is 1. The predicted molar refractivity (Wildman–Crippen MR) is 55.8 cm³/mol. The molecular formula is C12H14O3. The summed E-state index contributed by atoms with van der Waals surface area (Å²) in [7, 11) is 0. The van der Waals surface area contributed by atoms with Gasteiger partial charge < -0.3 is 9.84 Å². The fourth-order valence-corrected chi connectivity index (χ4v) is 1.90. The Morgan fingerprint density at radius 1 is 1.47 bits per heavy atom. The molecule has 1 atom stereocenters. The highest BCUT2D eigenvalue weighted by atomic mass is 16.5. The zero-order valence-corrected chi connectivity index (χ0v) is 8.69. The van der Waals surface area contributed by atoms with E-state index in [9.17, 15) is 9.90 Å². The molecule has 0 amide bonds. The van der Waals surface area contributed by atoms with E-state index in [1.165, 1.54) is 6.07 Å². The molecule has 3 nitrogen and oxygen atoms in total. The third-order valence-electron chi connectivity index (χ3n) is 2.69. The highest BCUT2D eigenvalue weighted by Gasteiger charge is 2.32. The number of carbonyl (C=O) groups excluding carboxylic acids is 1. The number of phenols is 1. The van der Waals surface area contributed by atoms with Crippen LogP contribution in [-0.2, 0) is 4.74 Å². The molecule has 0 radical (unpaired) electrons. The molecule has 0 unspecified atom stereocenters. The molecule has 0 aromatic heterocycles. The van der Waals surface area contributed by atoms with Crippen molar-refractivity contribution < 1.29 is 14.6 Å². The van der Waals surface area contributed by atoms with Gasteiger partial charge in [0.15, 0.2) is 0 Å². The fraction of sp³-hybridized carbons (Fsp3) is 0.417. The van der Waals surface area contributed by atoms with E-state index in [0.717, 1.165) is 24.8 Å². The number of ether oxygens (including phenoxy) is 1. The second-order valence-corrected chi connectivity index (χ2v) is 3.78. The summed E-state index contributed by atoms with van der Waals surface area (Å²) in [4.78, 5) is 11.5. The standard InChI is InChI=1S/C12H14O3/c1-2-3-7-10-8-5-4-6-9(13)11(8)12(14)15-10/h4-6,10,13H,2-3,7H2,1H3/t10-/m0/s1. The predicted octanol–water partition coefficient (Wildman–Crippen LogP) is 2.79. The molecule has 2 rings (SSSR count). The van der Waals surface area contributed by atoms with Crippen LogP contribution in [0, 0.1) is 0 Å². The Bertz CT molecular complexity index is 384. The van der Waals surface area contributed by atoms with Crippen molar-refractivity contribution in [2.75, 3.05) is 0 Å². The average Bonchev–Trinajstić information content (AvgIpc) is 2.54. The van der Waals surface area contributed by atoms with Crippen molar-refractivity contribution in [3.63, 3.8) is 0 Å². The quantitative estimate of drug-likeness (QED) is 0.773. The van der Waals surface area contributed by atoms with Crippen LogP contribution in [0.4, 0.5) is 0 Å². The first-order valence-electron chi connectivity index (χ1n) is 5.27. The lowest BCUT2D eigenvalue weighted by Crippen LogP contribution is -1.98. The first kappa shape index (κ1) is 10.0. The van der Waals surface area contributed by atoms with Gasteiger partial charge in [-0.2, -0.15) is 0 Å². The lowest BCUT2D eigenvalue weighted by atomic mass is 10.0. The van der Waals surface area contributed by atoms with Crippen LogP contribution >= 0.6 is 0 Å². The summed E-state index contributed by atoms with van der Waals surface area (Å²) in [5.74, 6) is -0.374. The minimum atomic E-state index is -0.399. The van der Waals surface area contributed by atoms with Crippen molar-refractivity contribution in [2.24, 2.45) is 0 Å². The van der Waals surface area contributed by atoms with E-state index in [1.54, 1.807) is 6.07 Å². The van der Waals surface area contributed by atoms with Gasteiger partial charge in [0, 0.05) is 5.56 Å². The molecule has 15 heavy (non-hydrogen) atoms. The second-order valence-electron chi connectivity index (χ2n) is 3.78. The summed E-state index contributed by atoms with van der Waals surface area (Å²) < 4.78 is 5.22. The Labute approximate surface area is 88.7 Å². The van der Waals surface area contributed by atoms with Crippen molar-refractivity contribution in [3.05, 3.63) is 29.3 Å².